The van der Waals surface area contributed by atoms with E-state index in [-0.39, 0.29) is 5.91 Å². The number of pyridine rings is 1. The van der Waals surface area contributed by atoms with Gasteiger partial charge in [0.1, 0.15) is 11.5 Å². The third kappa shape index (κ3) is 2.25. The van der Waals surface area contributed by atoms with Crippen LogP contribution >= 0.6 is 0 Å². The summed E-state index contributed by atoms with van der Waals surface area (Å²) in [5.41, 5.74) is 4.78. The predicted octanol–water partition coefficient (Wildman–Crippen LogP) is 2.84. The summed E-state index contributed by atoms with van der Waals surface area (Å²) in [5, 5.41) is 1.16. The van der Waals surface area contributed by atoms with Crippen molar-refractivity contribution in [1.29, 1.82) is 0 Å². The Bertz CT molecular complexity index is 921. The van der Waals surface area contributed by atoms with Crippen molar-refractivity contribution in [3.63, 3.8) is 0 Å². The Morgan fingerprint density at radius 1 is 1.17 bits per heavy atom. The van der Waals surface area contributed by atoms with Gasteiger partial charge in [0.15, 0.2) is 0 Å². The highest BCUT2D eigenvalue weighted by Gasteiger charge is 2.28. The first-order valence-corrected chi connectivity index (χ1v) is 7.62. The SMILES string of the molecule is Cc1cc(C)c2cc3c(nc2c1)N(C(=O)c1cnccn1)CC3. The first-order chi connectivity index (χ1) is 11.1. The van der Waals surface area contributed by atoms with Gasteiger partial charge >= 0.3 is 0 Å². The van der Waals surface area contributed by atoms with Crippen LogP contribution in [0.15, 0.2) is 36.8 Å². The first kappa shape index (κ1) is 13.8. The number of nitrogens with zero attached hydrogens (tertiary/aromatic N) is 4. The predicted molar refractivity (Wildman–Crippen MR) is 88.6 cm³/mol. The van der Waals surface area contributed by atoms with Gasteiger partial charge in [-0.2, -0.15) is 0 Å². The summed E-state index contributed by atoms with van der Waals surface area (Å²) >= 11 is 0. The van der Waals surface area contributed by atoms with E-state index in [4.69, 9.17) is 4.98 Å². The van der Waals surface area contributed by atoms with Crippen LogP contribution in [0, 0.1) is 13.8 Å². The summed E-state index contributed by atoms with van der Waals surface area (Å²) < 4.78 is 0. The van der Waals surface area contributed by atoms with E-state index < -0.39 is 0 Å². The molecule has 1 amide bonds. The van der Waals surface area contributed by atoms with E-state index in [1.807, 2.05) is 0 Å². The molecule has 0 saturated carbocycles. The standard InChI is InChI=1S/C18H16N4O/c1-11-7-12(2)14-9-13-3-6-22(17(13)21-15(14)8-11)18(23)16-10-19-4-5-20-16/h4-5,7-10H,3,6H2,1-2H3. The van der Waals surface area contributed by atoms with Crippen molar-refractivity contribution < 1.29 is 4.79 Å². The van der Waals surface area contributed by atoms with Crippen molar-refractivity contribution in [1.82, 2.24) is 15.0 Å². The molecule has 0 N–H and O–H groups in total. The molecule has 0 spiro atoms. The second kappa shape index (κ2) is 5.12. The summed E-state index contributed by atoms with van der Waals surface area (Å²) in [6.45, 7) is 4.79. The van der Waals surface area contributed by atoms with Gasteiger partial charge in [0.25, 0.3) is 5.91 Å². The molecular weight excluding hydrogens is 288 g/mol. The number of carbonyl (C=O) groups is 1. The number of aryl methyl sites for hydroxylation is 2. The number of anilines is 1. The number of aromatic nitrogens is 3. The lowest BCUT2D eigenvalue weighted by molar-refractivity contribution is 0.0983. The molecule has 5 nitrogen and oxygen atoms in total. The monoisotopic (exact) mass is 304 g/mol. The van der Waals surface area contributed by atoms with E-state index in [9.17, 15) is 4.79 Å². The van der Waals surface area contributed by atoms with Gasteiger partial charge < -0.3 is 0 Å². The van der Waals surface area contributed by atoms with Crippen molar-refractivity contribution in [2.75, 3.05) is 11.4 Å². The molecule has 114 valence electrons. The van der Waals surface area contributed by atoms with Crippen LogP contribution in [-0.2, 0) is 6.42 Å². The van der Waals surface area contributed by atoms with Gasteiger partial charge in [-0.25, -0.2) is 9.97 Å². The van der Waals surface area contributed by atoms with Crippen LogP contribution in [0.2, 0.25) is 0 Å². The van der Waals surface area contributed by atoms with Gasteiger partial charge in [-0.05, 0) is 49.1 Å². The number of hydrogen-bond donors (Lipinski definition) is 0. The second-order valence-electron chi connectivity index (χ2n) is 5.92. The minimum absolute atomic E-state index is 0.145. The lowest BCUT2D eigenvalue weighted by Gasteiger charge is -2.16. The molecule has 0 fully saturated rings. The minimum atomic E-state index is -0.145. The van der Waals surface area contributed by atoms with Crippen molar-refractivity contribution >= 4 is 22.6 Å². The van der Waals surface area contributed by atoms with Crippen molar-refractivity contribution in [3.05, 3.63) is 59.2 Å². The van der Waals surface area contributed by atoms with Crippen LogP contribution in [0.4, 0.5) is 5.82 Å². The van der Waals surface area contributed by atoms with Gasteiger partial charge in [-0.15, -0.1) is 0 Å². The molecule has 0 bridgehead atoms. The average molecular weight is 304 g/mol. The van der Waals surface area contributed by atoms with E-state index >= 15 is 0 Å². The van der Waals surface area contributed by atoms with E-state index in [1.165, 1.54) is 23.5 Å². The molecular formula is C18H16N4O. The maximum Gasteiger partial charge on any atom is 0.279 e. The van der Waals surface area contributed by atoms with Crippen molar-refractivity contribution in [2.24, 2.45) is 0 Å². The molecule has 0 radical (unpaired) electrons. The second-order valence-corrected chi connectivity index (χ2v) is 5.92. The van der Waals surface area contributed by atoms with Crippen LogP contribution < -0.4 is 4.90 Å². The van der Waals surface area contributed by atoms with Gasteiger partial charge in [-0.3, -0.25) is 14.7 Å². The topological polar surface area (TPSA) is 59.0 Å². The fraction of sp³-hybridized carbons (Fsp3) is 0.222. The van der Waals surface area contributed by atoms with E-state index in [1.54, 1.807) is 11.1 Å². The highest BCUT2D eigenvalue weighted by molar-refractivity contribution is 6.06. The number of carbonyl (C=O) groups excluding carboxylic acids is 1. The Morgan fingerprint density at radius 2 is 2.04 bits per heavy atom. The summed E-state index contributed by atoms with van der Waals surface area (Å²) in [7, 11) is 0. The van der Waals surface area contributed by atoms with Gasteiger partial charge in [0.2, 0.25) is 0 Å². The zero-order valence-corrected chi connectivity index (χ0v) is 13.1. The van der Waals surface area contributed by atoms with E-state index in [0.717, 1.165) is 28.7 Å². The zero-order valence-electron chi connectivity index (χ0n) is 13.1. The Kier molecular flexibility index (Phi) is 3.08. The summed E-state index contributed by atoms with van der Waals surface area (Å²) in [4.78, 5) is 27.2. The van der Waals surface area contributed by atoms with Gasteiger partial charge in [0, 0.05) is 24.3 Å². The Balaban J connectivity index is 1.82. The Hall–Kier alpha value is -2.82. The Labute approximate surface area is 134 Å². The lowest BCUT2D eigenvalue weighted by Crippen LogP contribution is -2.30. The fourth-order valence-corrected chi connectivity index (χ4v) is 3.16. The maximum absolute atomic E-state index is 12.7. The Morgan fingerprint density at radius 3 is 2.83 bits per heavy atom. The number of benzene rings is 1. The fourth-order valence-electron chi connectivity index (χ4n) is 3.16. The highest BCUT2D eigenvalue weighted by Crippen LogP contribution is 2.31. The smallest absolute Gasteiger partial charge is 0.279 e. The molecule has 23 heavy (non-hydrogen) atoms. The van der Waals surface area contributed by atoms with Crippen LogP contribution in [0.25, 0.3) is 10.9 Å². The minimum Gasteiger partial charge on any atom is -0.291 e. The number of amides is 1. The third-order valence-electron chi connectivity index (χ3n) is 4.23. The molecule has 1 aliphatic rings. The number of fused-ring (bicyclic) bond motifs is 2. The molecule has 1 aromatic carbocycles. The normalized spacial score (nSPS) is 13.4. The number of hydrogen-bond acceptors (Lipinski definition) is 4. The number of rotatable bonds is 1. The van der Waals surface area contributed by atoms with E-state index in [0.29, 0.717) is 12.2 Å². The molecule has 1 aliphatic heterocycles. The largest absolute Gasteiger partial charge is 0.291 e. The molecule has 0 saturated heterocycles. The van der Waals surface area contributed by atoms with Crippen LogP contribution in [0.3, 0.4) is 0 Å². The summed E-state index contributed by atoms with van der Waals surface area (Å²) in [5.74, 6) is 0.603. The van der Waals surface area contributed by atoms with Gasteiger partial charge in [-0.1, -0.05) is 6.07 Å². The molecule has 2 aromatic heterocycles. The van der Waals surface area contributed by atoms with Crippen molar-refractivity contribution in [3.8, 4) is 0 Å². The van der Waals surface area contributed by atoms with Crippen LogP contribution in [0.1, 0.15) is 27.2 Å². The zero-order chi connectivity index (χ0) is 16.0. The average Bonchev–Trinajstić information content (AvgIpc) is 2.96. The lowest BCUT2D eigenvalue weighted by atomic mass is 10.0. The summed E-state index contributed by atoms with van der Waals surface area (Å²) in [6, 6.07) is 6.39. The van der Waals surface area contributed by atoms with Gasteiger partial charge in [0.05, 0.1) is 11.7 Å². The highest BCUT2D eigenvalue weighted by atomic mass is 16.2. The molecule has 4 rings (SSSR count). The maximum atomic E-state index is 12.7. The molecule has 0 atom stereocenters. The molecule has 0 aliphatic carbocycles. The molecule has 5 heteroatoms. The quantitative estimate of drug-likeness (QED) is 0.693. The van der Waals surface area contributed by atoms with E-state index in [2.05, 4.69) is 42.0 Å². The molecule has 3 aromatic rings. The summed E-state index contributed by atoms with van der Waals surface area (Å²) in [6.07, 6.45) is 5.41. The molecule has 3 heterocycles. The van der Waals surface area contributed by atoms with Crippen LogP contribution in [0.5, 0.6) is 0 Å². The van der Waals surface area contributed by atoms with Crippen LogP contribution in [-0.4, -0.2) is 27.4 Å². The first-order valence-electron chi connectivity index (χ1n) is 7.62. The van der Waals surface area contributed by atoms with Crippen molar-refractivity contribution in [2.45, 2.75) is 20.3 Å². The third-order valence-corrected chi connectivity index (χ3v) is 4.23. The molecule has 0 unspecified atom stereocenters.